The molecule has 0 saturated carbocycles. The molecule has 0 aromatic heterocycles. The van der Waals surface area contributed by atoms with Crippen LogP contribution in [0.5, 0.6) is 0 Å². The summed E-state index contributed by atoms with van der Waals surface area (Å²) < 4.78 is 5.22. The molecule has 0 saturated heterocycles. The number of hydrogen-bond acceptors (Lipinski definition) is 4. The summed E-state index contributed by atoms with van der Waals surface area (Å²) in [6, 6.07) is 9.14. The Morgan fingerprint density at radius 3 is 2.22 bits per heavy atom. The van der Waals surface area contributed by atoms with Gasteiger partial charge < -0.3 is 19.8 Å². The fourth-order valence-corrected chi connectivity index (χ4v) is 1.75. The zero-order valence-electron chi connectivity index (χ0n) is 10.5. The van der Waals surface area contributed by atoms with Crippen molar-refractivity contribution in [3.05, 3.63) is 35.9 Å². The van der Waals surface area contributed by atoms with E-state index in [4.69, 9.17) is 14.9 Å². The van der Waals surface area contributed by atoms with Crippen molar-refractivity contribution in [3.63, 3.8) is 0 Å². The Bertz CT molecular complexity index is 349. The molecule has 5 nitrogen and oxygen atoms in total. The first-order valence-electron chi connectivity index (χ1n) is 5.82. The van der Waals surface area contributed by atoms with E-state index in [1.54, 1.807) is 0 Å². The van der Waals surface area contributed by atoms with E-state index in [0.29, 0.717) is 0 Å². The van der Waals surface area contributed by atoms with Crippen LogP contribution in [0.25, 0.3) is 0 Å². The zero-order valence-corrected chi connectivity index (χ0v) is 10.5. The highest BCUT2D eigenvalue weighted by Crippen LogP contribution is 2.18. The number of nitrogens with zero attached hydrogens (tertiary/aromatic N) is 1. The maximum Gasteiger partial charge on any atom is 0.256 e. The highest BCUT2D eigenvalue weighted by molar-refractivity contribution is 5.82. The standard InChI is InChI=1S/C13H19NO4/c1-18-12(11-5-3-2-4-6-11)13(17)14(7-9-15)8-10-16/h2-6,12,15-16H,7-10H2,1H3. The quantitative estimate of drug-likeness (QED) is 0.727. The minimum absolute atomic E-state index is 0.142. The van der Waals surface area contributed by atoms with Crippen LogP contribution < -0.4 is 0 Å². The molecule has 1 aromatic rings. The molecule has 0 spiro atoms. The lowest BCUT2D eigenvalue weighted by molar-refractivity contribution is -0.143. The number of rotatable bonds is 7. The van der Waals surface area contributed by atoms with E-state index in [1.165, 1.54) is 12.0 Å². The predicted octanol–water partition coefficient (Wildman–Crippen LogP) is 0.187. The Hall–Kier alpha value is -1.43. The molecule has 0 aliphatic rings. The molecule has 0 aliphatic heterocycles. The molecule has 0 bridgehead atoms. The van der Waals surface area contributed by atoms with E-state index >= 15 is 0 Å². The van der Waals surface area contributed by atoms with E-state index < -0.39 is 6.10 Å². The third kappa shape index (κ3) is 3.80. The number of methoxy groups -OCH3 is 1. The van der Waals surface area contributed by atoms with Gasteiger partial charge in [0.15, 0.2) is 6.10 Å². The Labute approximate surface area is 107 Å². The number of aliphatic hydroxyl groups is 2. The van der Waals surface area contributed by atoms with Crippen molar-refractivity contribution < 1.29 is 19.7 Å². The van der Waals surface area contributed by atoms with Gasteiger partial charge in [0.1, 0.15) is 0 Å². The van der Waals surface area contributed by atoms with Crippen LogP contribution in [0.3, 0.4) is 0 Å². The number of ether oxygens (including phenoxy) is 1. The summed E-state index contributed by atoms with van der Waals surface area (Å²) in [6.45, 7) is 0.0894. The first kappa shape index (κ1) is 14.6. The number of benzene rings is 1. The van der Waals surface area contributed by atoms with Gasteiger partial charge in [0.2, 0.25) is 0 Å². The minimum Gasteiger partial charge on any atom is -0.395 e. The Morgan fingerprint density at radius 1 is 1.22 bits per heavy atom. The second-order valence-electron chi connectivity index (χ2n) is 3.80. The maximum atomic E-state index is 12.2. The first-order valence-corrected chi connectivity index (χ1v) is 5.82. The molecule has 1 atom stereocenters. The van der Waals surface area contributed by atoms with Gasteiger partial charge in [0.25, 0.3) is 5.91 Å². The molecule has 2 N–H and O–H groups in total. The Morgan fingerprint density at radius 2 is 1.78 bits per heavy atom. The van der Waals surface area contributed by atoms with Gasteiger partial charge in [-0.25, -0.2) is 0 Å². The SMILES string of the molecule is COC(C(=O)N(CCO)CCO)c1ccccc1. The predicted molar refractivity (Wildman–Crippen MR) is 66.9 cm³/mol. The molecular formula is C13H19NO4. The summed E-state index contributed by atoms with van der Waals surface area (Å²) in [5, 5.41) is 17.8. The zero-order chi connectivity index (χ0) is 13.4. The van der Waals surface area contributed by atoms with Crippen molar-refractivity contribution in [2.75, 3.05) is 33.4 Å². The van der Waals surface area contributed by atoms with Crippen molar-refractivity contribution in [2.24, 2.45) is 0 Å². The van der Waals surface area contributed by atoms with Gasteiger partial charge >= 0.3 is 0 Å². The Balaban J connectivity index is 2.83. The number of aliphatic hydroxyl groups excluding tert-OH is 2. The van der Waals surface area contributed by atoms with Crippen LogP contribution in [0.2, 0.25) is 0 Å². The summed E-state index contributed by atoms with van der Waals surface area (Å²) in [4.78, 5) is 13.6. The summed E-state index contributed by atoms with van der Waals surface area (Å²) in [6.07, 6.45) is -0.704. The van der Waals surface area contributed by atoms with Crippen molar-refractivity contribution in [3.8, 4) is 0 Å². The number of carbonyl (C=O) groups is 1. The van der Waals surface area contributed by atoms with Crippen LogP contribution >= 0.6 is 0 Å². The Kier molecular flexibility index (Phi) is 6.35. The molecule has 5 heteroatoms. The van der Waals surface area contributed by atoms with Crippen molar-refractivity contribution in [2.45, 2.75) is 6.10 Å². The van der Waals surface area contributed by atoms with Gasteiger partial charge in [-0.1, -0.05) is 30.3 Å². The smallest absolute Gasteiger partial charge is 0.256 e. The van der Waals surface area contributed by atoms with E-state index in [-0.39, 0.29) is 32.2 Å². The molecule has 100 valence electrons. The summed E-state index contributed by atoms with van der Waals surface area (Å²) in [5.41, 5.74) is 0.755. The average molecular weight is 253 g/mol. The number of amides is 1. The second-order valence-corrected chi connectivity index (χ2v) is 3.80. The summed E-state index contributed by atoms with van der Waals surface area (Å²) in [7, 11) is 1.46. The van der Waals surface area contributed by atoms with E-state index in [1.807, 2.05) is 30.3 Å². The van der Waals surface area contributed by atoms with E-state index in [2.05, 4.69) is 0 Å². The number of carbonyl (C=O) groups excluding carboxylic acids is 1. The van der Waals surface area contributed by atoms with Crippen molar-refractivity contribution in [1.82, 2.24) is 4.90 Å². The lowest BCUT2D eigenvalue weighted by Gasteiger charge is -2.25. The summed E-state index contributed by atoms with van der Waals surface area (Å²) in [5.74, 6) is -0.258. The molecule has 0 fully saturated rings. The maximum absolute atomic E-state index is 12.2. The van der Waals surface area contributed by atoms with Gasteiger partial charge in [-0.3, -0.25) is 4.79 Å². The summed E-state index contributed by atoms with van der Waals surface area (Å²) >= 11 is 0. The van der Waals surface area contributed by atoms with Gasteiger partial charge in [0.05, 0.1) is 13.2 Å². The topological polar surface area (TPSA) is 70.0 Å². The molecule has 1 amide bonds. The van der Waals surface area contributed by atoms with Gasteiger partial charge in [-0.15, -0.1) is 0 Å². The fraction of sp³-hybridized carbons (Fsp3) is 0.462. The van der Waals surface area contributed by atoms with Gasteiger partial charge in [-0.05, 0) is 5.56 Å². The van der Waals surface area contributed by atoms with Crippen molar-refractivity contribution >= 4 is 5.91 Å². The van der Waals surface area contributed by atoms with Crippen LogP contribution in [-0.2, 0) is 9.53 Å². The monoisotopic (exact) mass is 253 g/mol. The number of hydrogen-bond donors (Lipinski definition) is 2. The van der Waals surface area contributed by atoms with Gasteiger partial charge in [0, 0.05) is 20.2 Å². The van der Waals surface area contributed by atoms with E-state index in [9.17, 15) is 4.79 Å². The van der Waals surface area contributed by atoms with Crippen molar-refractivity contribution in [1.29, 1.82) is 0 Å². The lowest BCUT2D eigenvalue weighted by atomic mass is 10.1. The second kappa shape index (κ2) is 7.81. The normalized spacial score (nSPS) is 12.2. The molecule has 1 rings (SSSR count). The fourth-order valence-electron chi connectivity index (χ4n) is 1.75. The molecule has 0 aliphatic carbocycles. The first-order chi connectivity index (χ1) is 8.74. The third-order valence-corrected chi connectivity index (χ3v) is 2.61. The largest absolute Gasteiger partial charge is 0.395 e. The van der Waals surface area contributed by atoms with Crippen LogP contribution in [0.1, 0.15) is 11.7 Å². The highest BCUT2D eigenvalue weighted by atomic mass is 16.5. The van der Waals surface area contributed by atoms with Crippen LogP contribution in [0.15, 0.2) is 30.3 Å². The van der Waals surface area contributed by atoms with Gasteiger partial charge in [-0.2, -0.15) is 0 Å². The third-order valence-electron chi connectivity index (χ3n) is 2.61. The van der Waals surface area contributed by atoms with Crippen LogP contribution in [0.4, 0.5) is 0 Å². The molecule has 18 heavy (non-hydrogen) atoms. The van der Waals surface area contributed by atoms with Crippen LogP contribution in [-0.4, -0.2) is 54.4 Å². The lowest BCUT2D eigenvalue weighted by Crippen LogP contribution is -2.39. The molecule has 1 aromatic carbocycles. The minimum atomic E-state index is -0.704. The average Bonchev–Trinajstić information content (AvgIpc) is 2.40. The molecule has 1 unspecified atom stereocenters. The molecule has 0 radical (unpaired) electrons. The molecular weight excluding hydrogens is 234 g/mol. The highest BCUT2D eigenvalue weighted by Gasteiger charge is 2.24. The van der Waals surface area contributed by atoms with Crippen LogP contribution in [0, 0.1) is 0 Å². The van der Waals surface area contributed by atoms with E-state index in [0.717, 1.165) is 5.56 Å². The molecule has 0 heterocycles.